The highest BCUT2D eigenvalue weighted by atomic mass is 16.6. The Morgan fingerprint density at radius 3 is 2.76 bits per heavy atom. The third-order valence-corrected chi connectivity index (χ3v) is 7.24. The molecule has 0 radical (unpaired) electrons. The molecule has 1 atom stereocenters. The molecule has 2 aliphatic carbocycles. The van der Waals surface area contributed by atoms with Crippen LogP contribution in [0.1, 0.15) is 56.0 Å². The van der Waals surface area contributed by atoms with E-state index in [0.29, 0.717) is 60.0 Å². The summed E-state index contributed by atoms with van der Waals surface area (Å²) in [6.07, 6.45) is 3.93. The summed E-state index contributed by atoms with van der Waals surface area (Å²) in [5, 5.41) is 13.8. The Balaban J connectivity index is 1.32. The van der Waals surface area contributed by atoms with Crippen molar-refractivity contribution < 1.29 is 14.3 Å². The number of carbonyl (C=O) groups excluding carboxylic acids is 1. The van der Waals surface area contributed by atoms with Gasteiger partial charge in [-0.25, -0.2) is 9.69 Å². The number of benzene rings is 1. The van der Waals surface area contributed by atoms with Gasteiger partial charge in [-0.2, -0.15) is 20.2 Å². The first-order valence-corrected chi connectivity index (χ1v) is 12.6. The number of anilines is 2. The second kappa shape index (κ2) is 8.73. The zero-order chi connectivity index (χ0) is 25.7. The summed E-state index contributed by atoms with van der Waals surface area (Å²) in [5.41, 5.74) is 0.712. The molecule has 11 heteroatoms. The number of cyclic esters (lactones) is 1. The minimum atomic E-state index is -0.656. The molecule has 11 nitrogen and oxygen atoms in total. The predicted molar refractivity (Wildman–Crippen MR) is 135 cm³/mol. The molecule has 3 heterocycles. The lowest BCUT2D eigenvalue weighted by molar-refractivity contribution is 0.178. The highest BCUT2D eigenvalue weighted by Gasteiger charge is 2.47. The summed E-state index contributed by atoms with van der Waals surface area (Å²) >= 11 is 0. The zero-order valence-corrected chi connectivity index (χ0v) is 20.7. The Morgan fingerprint density at radius 1 is 1.24 bits per heavy atom. The van der Waals surface area contributed by atoms with Crippen LogP contribution in [0.4, 0.5) is 16.7 Å². The number of nitrogens with zero attached hydrogens (tertiary/aromatic N) is 5. The van der Waals surface area contributed by atoms with Crippen molar-refractivity contribution in [2.75, 3.05) is 23.4 Å². The molecule has 37 heavy (non-hydrogen) atoms. The topological polar surface area (TPSA) is 146 Å². The van der Waals surface area contributed by atoms with Gasteiger partial charge in [0.05, 0.1) is 29.3 Å². The number of aryl methyl sites for hydroxylation is 1. The van der Waals surface area contributed by atoms with Crippen molar-refractivity contribution in [3.8, 4) is 11.8 Å². The lowest BCUT2D eigenvalue weighted by Gasteiger charge is -2.21. The molecule has 0 bridgehead atoms. The molecule has 6 rings (SSSR count). The molecule has 1 amide bonds. The number of nitrogens with one attached hydrogen (secondary N) is 2. The van der Waals surface area contributed by atoms with Crippen LogP contribution >= 0.6 is 0 Å². The maximum atomic E-state index is 13.2. The molecular formula is C26H27N7O4. The van der Waals surface area contributed by atoms with Crippen molar-refractivity contribution in [3.05, 3.63) is 45.5 Å². The van der Waals surface area contributed by atoms with E-state index in [4.69, 9.17) is 9.47 Å². The standard InChI is InChI=1S/C26H27N7O4/c1-3-18-13-37-25(35)33(18)24-29-14(2)28-23(31-24)32-26(6-7-26)19-9-16-8-17(11-27)21(36-12-15-4-5-15)10-20(16)30-22(19)34/h8-10,15,18H,3-7,12-13H2,1-2H3,(H,30,34)(H,28,29,31,32)/t18-/m0/s1. The minimum absolute atomic E-state index is 0.146. The normalized spacial score (nSPS) is 20.0. The number of rotatable bonds is 8. The number of hydrogen-bond donors (Lipinski definition) is 2. The predicted octanol–water partition coefficient (Wildman–Crippen LogP) is 3.52. The third kappa shape index (κ3) is 4.33. The van der Waals surface area contributed by atoms with Gasteiger partial charge < -0.3 is 19.8 Å². The number of amides is 1. The lowest BCUT2D eigenvalue weighted by Crippen LogP contribution is -2.35. The quantitative estimate of drug-likeness (QED) is 0.473. The van der Waals surface area contributed by atoms with Gasteiger partial charge in [-0.05, 0) is 57.1 Å². The van der Waals surface area contributed by atoms with Crippen LogP contribution in [0.15, 0.2) is 23.0 Å². The van der Waals surface area contributed by atoms with Gasteiger partial charge in [0.2, 0.25) is 11.9 Å². The van der Waals surface area contributed by atoms with Gasteiger partial charge in [0, 0.05) is 17.0 Å². The largest absolute Gasteiger partial charge is 0.492 e. The van der Waals surface area contributed by atoms with E-state index >= 15 is 0 Å². The first-order valence-electron chi connectivity index (χ1n) is 12.6. The molecule has 0 unspecified atom stereocenters. The van der Waals surface area contributed by atoms with E-state index in [1.165, 1.54) is 4.90 Å². The first-order chi connectivity index (χ1) is 17.9. The monoisotopic (exact) mass is 501 g/mol. The van der Waals surface area contributed by atoms with Crippen LogP contribution in [0.5, 0.6) is 5.75 Å². The molecule has 0 spiro atoms. The van der Waals surface area contributed by atoms with Crippen molar-refractivity contribution in [1.82, 2.24) is 19.9 Å². The number of fused-ring (bicyclic) bond motifs is 1. The van der Waals surface area contributed by atoms with E-state index < -0.39 is 11.6 Å². The lowest BCUT2D eigenvalue weighted by atomic mass is 10.0. The smallest absolute Gasteiger partial charge is 0.417 e. The fraction of sp³-hybridized carbons (Fsp3) is 0.462. The number of aromatic amines is 1. The van der Waals surface area contributed by atoms with Crippen molar-refractivity contribution in [2.45, 2.75) is 57.5 Å². The molecule has 3 aliphatic rings. The number of hydrogen-bond acceptors (Lipinski definition) is 9. The summed E-state index contributed by atoms with van der Waals surface area (Å²) in [6, 6.07) is 7.37. The zero-order valence-electron chi connectivity index (χ0n) is 20.7. The highest BCUT2D eigenvalue weighted by molar-refractivity contribution is 5.88. The Bertz CT molecular complexity index is 1500. The van der Waals surface area contributed by atoms with Crippen molar-refractivity contribution in [2.24, 2.45) is 5.92 Å². The molecule has 190 valence electrons. The van der Waals surface area contributed by atoms with Crippen molar-refractivity contribution in [1.29, 1.82) is 5.26 Å². The summed E-state index contributed by atoms with van der Waals surface area (Å²) in [6.45, 7) is 4.57. The Kier molecular flexibility index (Phi) is 5.47. The second-order valence-corrected chi connectivity index (χ2v) is 10.0. The van der Waals surface area contributed by atoms with E-state index in [1.807, 2.05) is 13.0 Å². The van der Waals surface area contributed by atoms with E-state index in [-0.39, 0.29) is 30.1 Å². The maximum absolute atomic E-state index is 13.2. The second-order valence-electron chi connectivity index (χ2n) is 10.0. The van der Waals surface area contributed by atoms with Crippen LogP contribution in [0.3, 0.4) is 0 Å². The SMILES string of the molecule is CC[C@H]1COC(=O)N1c1nc(C)nc(NC2(c3cc4cc(C#N)c(OCC5CC5)cc4[nH]c3=O)CC2)n1. The van der Waals surface area contributed by atoms with Crippen LogP contribution in [-0.2, 0) is 10.3 Å². The van der Waals surface area contributed by atoms with Gasteiger partial charge in [0.15, 0.2) is 0 Å². The number of ether oxygens (including phenoxy) is 2. The molecule has 1 aliphatic heterocycles. The maximum Gasteiger partial charge on any atom is 0.417 e. The van der Waals surface area contributed by atoms with Crippen LogP contribution in [-0.4, -0.2) is 45.3 Å². The molecule has 3 aromatic rings. The van der Waals surface area contributed by atoms with E-state index in [9.17, 15) is 14.9 Å². The van der Waals surface area contributed by atoms with Gasteiger partial charge in [-0.1, -0.05) is 6.92 Å². The molecule has 2 N–H and O–H groups in total. The number of carbonyl (C=O) groups is 1. The highest BCUT2D eigenvalue weighted by Crippen LogP contribution is 2.47. The molecule has 1 saturated heterocycles. The van der Waals surface area contributed by atoms with Gasteiger partial charge in [0.25, 0.3) is 5.56 Å². The summed E-state index contributed by atoms with van der Waals surface area (Å²) in [7, 11) is 0. The van der Waals surface area contributed by atoms with Crippen LogP contribution < -0.4 is 20.5 Å². The number of aromatic nitrogens is 4. The molecule has 2 aromatic heterocycles. The van der Waals surface area contributed by atoms with Crippen molar-refractivity contribution >= 4 is 28.9 Å². The van der Waals surface area contributed by atoms with Crippen molar-refractivity contribution in [3.63, 3.8) is 0 Å². The summed E-state index contributed by atoms with van der Waals surface area (Å²) < 4.78 is 11.0. The van der Waals surface area contributed by atoms with E-state index in [1.54, 1.807) is 19.1 Å². The Hall–Kier alpha value is -4.20. The van der Waals surface area contributed by atoms with Crippen LogP contribution in [0.25, 0.3) is 10.9 Å². The summed E-state index contributed by atoms with van der Waals surface area (Å²) in [5.74, 6) is 2.00. The molecule has 1 aromatic carbocycles. The van der Waals surface area contributed by atoms with E-state index in [2.05, 4.69) is 31.3 Å². The average Bonchev–Trinajstić information content (AvgIpc) is 3.81. The summed E-state index contributed by atoms with van der Waals surface area (Å²) in [4.78, 5) is 43.2. The van der Waals surface area contributed by atoms with Gasteiger partial charge in [-0.15, -0.1) is 0 Å². The van der Waals surface area contributed by atoms with E-state index in [0.717, 1.165) is 18.2 Å². The van der Waals surface area contributed by atoms with Gasteiger partial charge in [-0.3, -0.25) is 4.79 Å². The molecular weight excluding hydrogens is 474 g/mol. The molecule has 3 fully saturated rings. The average molecular weight is 502 g/mol. The van der Waals surface area contributed by atoms with Gasteiger partial charge in [0.1, 0.15) is 24.3 Å². The van der Waals surface area contributed by atoms with Gasteiger partial charge >= 0.3 is 6.09 Å². The third-order valence-electron chi connectivity index (χ3n) is 7.24. The van der Waals surface area contributed by atoms with Crippen LogP contribution in [0, 0.1) is 24.2 Å². The minimum Gasteiger partial charge on any atom is -0.492 e. The fourth-order valence-corrected chi connectivity index (χ4v) is 4.73. The number of pyridine rings is 1. The fourth-order valence-electron chi connectivity index (χ4n) is 4.73. The Labute approximate surface area is 212 Å². The molecule has 2 saturated carbocycles. The Morgan fingerprint density at radius 2 is 2.05 bits per heavy atom. The number of nitriles is 1. The first kappa shape index (κ1) is 23.2. The van der Waals surface area contributed by atoms with Crippen LogP contribution in [0.2, 0.25) is 0 Å². The number of H-pyrrole nitrogens is 1.